The van der Waals surface area contributed by atoms with Crippen LogP contribution < -0.4 is 5.32 Å². The molecule has 0 atom stereocenters. The molecule has 0 aliphatic carbocycles. The molecule has 0 bridgehead atoms. The van der Waals surface area contributed by atoms with Crippen LogP contribution in [0.2, 0.25) is 0 Å². The Kier molecular flexibility index (Phi) is 6.15. The molecule has 0 unspecified atom stereocenters. The minimum Gasteiger partial charge on any atom is -0.337 e. The summed E-state index contributed by atoms with van der Waals surface area (Å²) in [5, 5.41) is 13.0. The summed E-state index contributed by atoms with van der Waals surface area (Å²) in [5.41, 5.74) is 3.09. The fourth-order valence-corrected chi connectivity index (χ4v) is 4.63. The van der Waals surface area contributed by atoms with Crippen LogP contribution in [0, 0.1) is 11.3 Å². The summed E-state index contributed by atoms with van der Waals surface area (Å²) in [7, 11) is 0. The Morgan fingerprint density at radius 2 is 2.03 bits per heavy atom. The normalized spacial score (nSPS) is 12.9. The van der Waals surface area contributed by atoms with Crippen molar-refractivity contribution in [3.63, 3.8) is 0 Å². The molecule has 7 nitrogen and oxygen atoms in total. The molecule has 0 saturated heterocycles. The van der Waals surface area contributed by atoms with E-state index in [1.165, 1.54) is 17.4 Å². The van der Waals surface area contributed by atoms with Crippen molar-refractivity contribution < 1.29 is 9.59 Å². The second-order valence-corrected chi connectivity index (χ2v) is 8.14. The largest absolute Gasteiger partial charge is 0.337 e. The lowest BCUT2D eigenvalue weighted by Crippen LogP contribution is -2.36. The molecule has 0 radical (unpaired) electrons. The van der Waals surface area contributed by atoms with Crippen LogP contribution in [0.15, 0.2) is 55.1 Å². The van der Waals surface area contributed by atoms with Crippen molar-refractivity contribution >= 4 is 34.2 Å². The van der Waals surface area contributed by atoms with E-state index in [0.717, 1.165) is 21.6 Å². The Labute approximate surface area is 183 Å². The quantitative estimate of drug-likeness (QED) is 0.628. The molecule has 1 aliphatic rings. The molecule has 154 valence electrons. The van der Waals surface area contributed by atoms with Crippen LogP contribution in [0.5, 0.6) is 0 Å². The molecule has 0 fully saturated rings. The summed E-state index contributed by atoms with van der Waals surface area (Å²) in [6.07, 6.45) is 10.7. The van der Waals surface area contributed by atoms with Crippen molar-refractivity contribution in [1.82, 2.24) is 14.9 Å². The monoisotopic (exact) mass is 429 g/mol. The Morgan fingerprint density at radius 1 is 1.23 bits per heavy atom. The Morgan fingerprint density at radius 3 is 2.74 bits per heavy atom. The molecule has 1 aliphatic heterocycles. The second-order valence-electron chi connectivity index (χ2n) is 7.03. The fraction of sp³-hybridized carbons (Fsp3) is 0.174. The number of pyridine rings is 2. The first-order valence-corrected chi connectivity index (χ1v) is 10.6. The molecule has 1 N–H and O–H groups in total. The fourth-order valence-electron chi connectivity index (χ4n) is 3.41. The molecular formula is C23H19N5O2S. The minimum absolute atomic E-state index is 0.0237. The molecule has 4 heterocycles. The topological polar surface area (TPSA) is 99.0 Å². The van der Waals surface area contributed by atoms with Crippen molar-refractivity contribution in [1.29, 1.82) is 5.26 Å². The van der Waals surface area contributed by atoms with E-state index in [0.29, 0.717) is 36.5 Å². The third-order valence-corrected chi connectivity index (χ3v) is 6.08. The van der Waals surface area contributed by atoms with E-state index in [1.54, 1.807) is 41.8 Å². The number of carbonyl (C=O) groups is 2. The number of anilines is 1. The predicted molar refractivity (Wildman–Crippen MR) is 118 cm³/mol. The van der Waals surface area contributed by atoms with Crippen LogP contribution in [0.25, 0.3) is 6.08 Å². The molecule has 8 heteroatoms. The Balaban J connectivity index is 1.45. The number of fused-ring (bicyclic) bond motifs is 1. The highest BCUT2D eigenvalue weighted by Crippen LogP contribution is 2.36. The number of amides is 2. The van der Waals surface area contributed by atoms with E-state index in [9.17, 15) is 14.9 Å². The number of rotatable bonds is 5. The highest BCUT2D eigenvalue weighted by molar-refractivity contribution is 7.16. The van der Waals surface area contributed by atoms with Gasteiger partial charge in [-0.25, -0.2) is 0 Å². The molecule has 4 rings (SSSR count). The predicted octanol–water partition coefficient (Wildman–Crippen LogP) is 3.19. The van der Waals surface area contributed by atoms with Crippen molar-refractivity contribution in [3.8, 4) is 6.07 Å². The van der Waals surface area contributed by atoms with E-state index in [4.69, 9.17) is 0 Å². The van der Waals surface area contributed by atoms with Crippen molar-refractivity contribution in [3.05, 3.63) is 82.3 Å². The molecule has 3 aromatic rings. The molecule has 31 heavy (non-hydrogen) atoms. The maximum atomic E-state index is 12.7. The van der Waals surface area contributed by atoms with Crippen LogP contribution in [0.4, 0.5) is 5.00 Å². The first-order valence-electron chi connectivity index (χ1n) is 9.74. The highest BCUT2D eigenvalue weighted by atomic mass is 32.1. The van der Waals surface area contributed by atoms with Gasteiger partial charge >= 0.3 is 0 Å². The number of hydrogen-bond acceptors (Lipinski definition) is 6. The molecule has 0 aromatic carbocycles. The van der Waals surface area contributed by atoms with Crippen LogP contribution in [0.3, 0.4) is 0 Å². The smallest absolute Gasteiger partial charge is 0.249 e. The number of hydrogen-bond donors (Lipinski definition) is 1. The van der Waals surface area contributed by atoms with Crippen LogP contribution in [-0.4, -0.2) is 33.2 Å². The number of nitrogens with zero attached hydrogens (tertiary/aromatic N) is 4. The zero-order valence-electron chi connectivity index (χ0n) is 16.6. The van der Waals surface area contributed by atoms with Gasteiger partial charge in [0.2, 0.25) is 11.8 Å². The van der Waals surface area contributed by atoms with Crippen LogP contribution in [0.1, 0.15) is 27.1 Å². The lowest BCUT2D eigenvalue weighted by atomic mass is 10.0. The van der Waals surface area contributed by atoms with Gasteiger partial charge in [-0.2, -0.15) is 5.26 Å². The molecule has 0 saturated carbocycles. The van der Waals surface area contributed by atoms with E-state index < -0.39 is 0 Å². The summed E-state index contributed by atoms with van der Waals surface area (Å²) in [6, 6.07) is 9.55. The number of nitriles is 1. The van der Waals surface area contributed by atoms with Gasteiger partial charge in [0.25, 0.3) is 0 Å². The lowest BCUT2D eigenvalue weighted by molar-refractivity contribution is -0.131. The van der Waals surface area contributed by atoms with Gasteiger partial charge in [-0.05, 0) is 41.3 Å². The molecule has 2 amide bonds. The van der Waals surface area contributed by atoms with E-state index in [2.05, 4.69) is 21.4 Å². The summed E-state index contributed by atoms with van der Waals surface area (Å²) in [6.45, 7) is 0.987. The van der Waals surface area contributed by atoms with E-state index in [-0.39, 0.29) is 11.8 Å². The van der Waals surface area contributed by atoms with E-state index >= 15 is 0 Å². The van der Waals surface area contributed by atoms with Gasteiger partial charge in [-0.1, -0.05) is 12.1 Å². The zero-order valence-corrected chi connectivity index (χ0v) is 17.4. The maximum Gasteiger partial charge on any atom is 0.249 e. The number of nitrogens with one attached hydrogen (secondary N) is 1. The number of thiophene rings is 1. The lowest BCUT2D eigenvalue weighted by Gasteiger charge is -2.27. The minimum atomic E-state index is -0.316. The summed E-state index contributed by atoms with van der Waals surface area (Å²) < 4.78 is 0. The zero-order chi connectivity index (χ0) is 21.6. The van der Waals surface area contributed by atoms with Crippen LogP contribution in [-0.2, 0) is 29.0 Å². The summed E-state index contributed by atoms with van der Waals surface area (Å²) in [5.74, 6) is -0.293. The van der Waals surface area contributed by atoms with Gasteiger partial charge in [0.15, 0.2) is 0 Å². The average molecular weight is 430 g/mol. The third kappa shape index (κ3) is 4.85. The Bertz CT molecular complexity index is 1170. The first-order chi connectivity index (χ1) is 15.1. The highest BCUT2D eigenvalue weighted by Gasteiger charge is 2.27. The molecular weight excluding hydrogens is 410 g/mol. The van der Waals surface area contributed by atoms with Crippen LogP contribution >= 0.6 is 11.3 Å². The Hall–Kier alpha value is -3.83. The maximum absolute atomic E-state index is 12.7. The van der Waals surface area contributed by atoms with Gasteiger partial charge in [0.05, 0.1) is 18.5 Å². The summed E-state index contributed by atoms with van der Waals surface area (Å²) >= 11 is 1.36. The van der Waals surface area contributed by atoms with Crippen molar-refractivity contribution in [2.75, 3.05) is 11.9 Å². The number of carbonyl (C=O) groups excluding carboxylic acids is 2. The van der Waals surface area contributed by atoms with Gasteiger partial charge in [-0.15, -0.1) is 11.3 Å². The van der Waals surface area contributed by atoms with Crippen molar-refractivity contribution in [2.24, 2.45) is 0 Å². The molecule has 3 aromatic heterocycles. The summed E-state index contributed by atoms with van der Waals surface area (Å²) in [4.78, 5) is 35.8. The van der Waals surface area contributed by atoms with Gasteiger partial charge in [0, 0.05) is 42.3 Å². The van der Waals surface area contributed by atoms with Gasteiger partial charge < -0.3 is 10.2 Å². The standard InChI is InChI=1S/C23H19N5O2S/c24-12-19-18-7-10-28(22(30)11-17-4-2-9-26-14-17)15-20(18)31-23(19)27-21(29)6-5-16-3-1-8-25-13-16/h1-6,8-9,13-14H,7,10-11,15H2,(H,27,29). The number of aromatic nitrogens is 2. The SMILES string of the molecule is N#Cc1c(NC(=O)C=Cc2cccnc2)sc2c1CCN(C(=O)Cc1cccnc1)C2. The van der Waals surface area contributed by atoms with E-state index in [1.807, 2.05) is 18.2 Å². The van der Waals surface area contributed by atoms with Gasteiger partial charge in [-0.3, -0.25) is 19.6 Å². The third-order valence-electron chi connectivity index (χ3n) is 4.95. The second kappa shape index (κ2) is 9.32. The average Bonchev–Trinajstić information content (AvgIpc) is 3.15. The first kappa shape index (κ1) is 20.4. The molecule has 0 spiro atoms. The van der Waals surface area contributed by atoms with Crippen molar-refractivity contribution in [2.45, 2.75) is 19.4 Å². The van der Waals surface area contributed by atoms with Gasteiger partial charge in [0.1, 0.15) is 11.1 Å².